The van der Waals surface area contributed by atoms with Crippen LogP contribution in [0.25, 0.3) is 0 Å². The highest BCUT2D eigenvalue weighted by Gasteiger charge is 2.38. The first-order chi connectivity index (χ1) is 13.6. The summed E-state index contributed by atoms with van der Waals surface area (Å²) in [5, 5.41) is 0. The van der Waals surface area contributed by atoms with Crippen LogP contribution in [-0.2, 0) is 19.1 Å². The molecule has 1 saturated heterocycles. The highest BCUT2D eigenvalue weighted by Crippen LogP contribution is 2.35. The molecule has 1 aromatic rings. The molecule has 2 rings (SSSR count). The fraction of sp³-hybridized carbons (Fsp3) is 0.684. The third-order valence-corrected chi connectivity index (χ3v) is 5.65. The summed E-state index contributed by atoms with van der Waals surface area (Å²) in [6.45, 7) is 8.58. The number of hydrogen-bond donors (Lipinski definition) is 1. The molecule has 1 N–H and O–H groups in total. The standard InChI is InChI=1S/C17H22BrFN2O6.C2H6/c1-4-17(3,27-9(2)22)13(23)6-5-12-10(18)7-14(26-12)21-8-11(19)15(24)20-16(21)25;1-2/h8,10,12,14H,4-7H2,1-3H3,(H,20,24,25);1-2H3. The van der Waals surface area contributed by atoms with Crippen molar-refractivity contribution in [3.63, 3.8) is 0 Å². The molecule has 1 aromatic heterocycles. The molecule has 2 heterocycles. The second kappa shape index (κ2) is 10.8. The Hall–Kier alpha value is -1.81. The molecule has 0 aliphatic carbocycles. The second-order valence-electron chi connectivity index (χ2n) is 6.66. The lowest BCUT2D eigenvalue weighted by Gasteiger charge is -2.27. The number of esters is 1. The molecule has 1 aliphatic rings. The van der Waals surface area contributed by atoms with Crippen molar-refractivity contribution in [2.45, 2.75) is 83.1 Å². The van der Waals surface area contributed by atoms with Crippen molar-refractivity contribution in [2.24, 2.45) is 0 Å². The Balaban J connectivity index is 0.00000204. The normalized spacial score (nSPS) is 22.9. The number of nitrogens with zero attached hydrogens (tertiary/aromatic N) is 1. The minimum absolute atomic E-state index is 0.117. The van der Waals surface area contributed by atoms with Crippen LogP contribution in [0.3, 0.4) is 0 Å². The first-order valence-electron chi connectivity index (χ1n) is 9.60. The van der Waals surface area contributed by atoms with Crippen molar-refractivity contribution in [1.29, 1.82) is 0 Å². The van der Waals surface area contributed by atoms with Gasteiger partial charge in [0.15, 0.2) is 11.4 Å². The maximum absolute atomic E-state index is 13.5. The van der Waals surface area contributed by atoms with E-state index in [0.717, 1.165) is 10.8 Å². The summed E-state index contributed by atoms with van der Waals surface area (Å²) >= 11 is 3.46. The molecular formula is C19H28BrFN2O6. The van der Waals surface area contributed by atoms with E-state index in [4.69, 9.17) is 9.47 Å². The smallest absolute Gasteiger partial charge is 0.330 e. The van der Waals surface area contributed by atoms with Gasteiger partial charge in [0, 0.05) is 24.6 Å². The van der Waals surface area contributed by atoms with Crippen LogP contribution in [0.5, 0.6) is 0 Å². The van der Waals surface area contributed by atoms with Gasteiger partial charge in [-0.15, -0.1) is 0 Å². The predicted molar refractivity (Wildman–Crippen MR) is 109 cm³/mol. The summed E-state index contributed by atoms with van der Waals surface area (Å²) in [7, 11) is 0. The summed E-state index contributed by atoms with van der Waals surface area (Å²) in [5.74, 6) is -1.83. The van der Waals surface area contributed by atoms with Crippen LogP contribution in [0.15, 0.2) is 15.8 Å². The minimum Gasteiger partial charge on any atom is -0.452 e. The first-order valence-corrected chi connectivity index (χ1v) is 10.5. The fourth-order valence-corrected chi connectivity index (χ4v) is 3.68. The van der Waals surface area contributed by atoms with Crippen LogP contribution in [-0.4, -0.2) is 37.8 Å². The molecule has 0 spiro atoms. The maximum Gasteiger partial charge on any atom is 0.330 e. The lowest BCUT2D eigenvalue weighted by atomic mass is 9.93. The predicted octanol–water partition coefficient (Wildman–Crippen LogP) is 2.83. The van der Waals surface area contributed by atoms with Gasteiger partial charge in [-0.05, 0) is 19.8 Å². The highest BCUT2D eigenvalue weighted by atomic mass is 79.9. The largest absolute Gasteiger partial charge is 0.452 e. The molecule has 0 amide bonds. The third-order valence-electron chi connectivity index (χ3n) is 4.69. The zero-order chi connectivity index (χ0) is 22.4. The second-order valence-corrected chi connectivity index (χ2v) is 7.84. The van der Waals surface area contributed by atoms with Crippen molar-refractivity contribution in [3.8, 4) is 0 Å². The number of H-pyrrole nitrogens is 1. The number of rotatable bonds is 7. The molecule has 29 heavy (non-hydrogen) atoms. The topological polar surface area (TPSA) is 107 Å². The zero-order valence-electron chi connectivity index (χ0n) is 17.3. The Bertz CT molecular complexity index is 839. The van der Waals surface area contributed by atoms with Gasteiger partial charge in [-0.1, -0.05) is 36.7 Å². The van der Waals surface area contributed by atoms with E-state index in [1.165, 1.54) is 6.92 Å². The number of ether oxygens (including phenoxy) is 2. The van der Waals surface area contributed by atoms with Gasteiger partial charge in [0.25, 0.3) is 5.56 Å². The number of hydrogen-bond acceptors (Lipinski definition) is 6. The Kier molecular flexibility index (Phi) is 9.41. The Labute approximate surface area is 176 Å². The summed E-state index contributed by atoms with van der Waals surface area (Å²) in [6.07, 6.45) is 0.809. The number of alkyl halides is 1. The van der Waals surface area contributed by atoms with Gasteiger partial charge in [0.2, 0.25) is 5.82 Å². The van der Waals surface area contributed by atoms with E-state index in [2.05, 4.69) is 15.9 Å². The molecule has 4 unspecified atom stereocenters. The van der Waals surface area contributed by atoms with E-state index in [9.17, 15) is 23.6 Å². The quantitative estimate of drug-likeness (QED) is 0.476. The molecular weight excluding hydrogens is 451 g/mol. The van der Waals surface area contributed by atoms with E-state index >= 15 is 0 Å². The van der Waals surface area contributed by atoms with Crippen molar-refractivity contribution in [3.05, 3.63) is 32.9 Å². The number of Topliss-reactive ketones (excluding diaryl/α,β-unsaturated/α-hetero) is 1. The van der Waals surface area contributed by atoms with Crippen molar-refractivity contribution in [2.75, 3.05) is 0 Å². The van der Waals surface area contributed by atoms with Gasteiger partial charge < -0.3 is 9.47 Å². The van der Waals surface area contributed by atoms with Gasteiger partial charge >= 0.3 is 11.7 Å². The number of carbonyl (C=O) groups excluding carboxylic acids is 2. The molecule has 0 saturated carbocycles. The summed E-state index contributed by atoms with van der Waals surface area (Å²) < 4.78 is 25.4. The SMILES string of the molecule is CC.CCC(C)(OC(C)=O)C(=O)CCC1OC(n2cc(F)c(=O)[nH]c2=O)CC1Br. The monoisotopic (exact) mass is 478 g/mol. The minimum atomic E-state index is -1.19. The molecule has 0 aromatic carbocycles. The van der Waals surface area contributed by atoms with E-state index < -0.39 is 41.0 Å². The Morgan fingerprint density at radius 3 is 2.59 bits per heavy atom. The van der Waals surface area contributed by atoms with Crippen LogP contribution in [0.2, 0.25) is 0 Å². The van der Waals surface area contributed by atoms with E-state index in [0.29, 0.717) is 19.3 Å². The molecule has 0 bridgehead atoms. The van der Waals surface area contributed by atoms with E-state index in [1.54, 1.807) is 13.8 Å². The van der Waals surface area contributed by atoms with Crippen LogP contribution in [0, 0.1) is 5.82 Å². The molecule has 164 valence electrons. The van der Waals surface area contributed by atoms with Gasteiger partial charge in [-0.3, -0.25) is 23.9 Å². The number of aromatic nitrogens is 2. The number of ketones is 1. The van der Waals surface area contributed by atoms with Crippen molar-refractivity contribution < 1.29 is 23.5 Å². The Morgan fingerprint density at radius 1 is 1.41 bits per heavy atom. The molecule has 10 heteroatoms. The average Bonchev–Trinajstić information content (AvgIpc) is 3.04. The molecule has 1 aliphatic heterocycles. The van der Waals surface area contributed by atoms with E-state index in [-0.39, 0.29) is 17.0 Å². The average molecular weight is 479 g/mol. The van der Waals surface area contributed by atoms with Gasteiger partial charge in [0.05, 0.1) is 12.3 Å². The summed E-state index contributed by atoms with van der Waals surface area (Å²) in [6, 6.07) is 0. The lowest BCUT2D eigenvalue weighted by molar-refractivity contribution is -0.164. The lowest BCUT2D eigenvalue weighted by Crippen LogP contribution is -2.39. The highest BCUT2D eigenvalue weighted by molar-refractivity contribution is 9.09. The summed E-state index contributed by atoms with van der Waals surface area (Å²) in [4.78, 5) is 48.5. The number of nitrogens with one attached hydrogen (secondary N) is 1. The van der Waals surface area contributed by atoms with Crippen molar-refractivity contribution in [1.82, 2.24) is 9.55 Å². The zero-order valence-corrected chi connectivity index (χ0v) is 18.9. The molecule has 4 atom stereocenters. The first kappa shape index (κ1) is 25.2. The number of halogens is 2. The van der Waals surface area contributed by atoms with Gasteiger partial charge in [-0.25, -0.2) is 4.79 Å². The third kappa shape index (κ3) is 6.33. The molecule has 0 radical (unpaired) electrons. The van der Waals surface area contributed by atoms with Crippen LogP contribution >= 0.6 is 15.9 Å². The van der Waals surface area contributed by atoms with Crippen molar-refractivity contribution >= 4 is 27.7 Å². The maximum atomic E-state index is 13.5. The molecule has 8 nitrogen and oxygen atoms in total. The van der Waals surface area contributed by atoms with Gasteiger partial charge in [0.1, 0.15) is 6.23 Å². The fourth-order valence-electron chi connectivity index (χ4n) is 2.97. The number of aromatic amines is 1. The number of carbonyl (C=O) groups is 2. The van der Waals surface area contributed by atoms with Crippen LogP contribution < -0.4 is 11.2 Å². The Morgan fingerprint density at radius 2 is 2.03 bits per heavy atom. The van der Waals surface area contributed by atoms with Crippen LogP contribution in [0.4, 0.5) is 4.39 Å². The van der Waals surface area contributed by atoms with E-state index in [1.807, 2.05) is 18.8 Å². The molecule has 1 fully saturated rings. The van der Waals surface area contributed by atoms with Gasteiger partial charge in [-0.2, -0.15) is 4.39 Å². The summed E-state index contributed by atoms with van der Waals surface area (Å²) in [5.41, 5.74) is -3.04. The van der Waals surface area contributed by atoms with Crippen LogP contribution in [0.1, 0.15) is 66.5 Å².